The van der Waals surface area contributed by atoms with Gasteiger partial charge in [0.2, 0.25) is 0 Å². The molecule has 101 heavy (non-hydrogen) atoms. The summed E-state index contributed by atoms with van der Waals surface area (Å²) in [6.07, 6.45) is 19.7. The molecule has 3 fully saturated rings. The Balaban J connectivity index is 0.000000402. The van der Waals surface area contributed by atoms with Gasteiger partial charge in [-0.3, -0.25) is 0 Å². The summed E-state index contributed by atoms with van der Waals surface area (Å²) in [5.41, 5.74) is 10.2. The van der Waals surface area contributed by atoms with Gasteiger partial charge < -0.3 is 30.8 Å². The molecule has 3 saturated carbocycles. The average Bonchev–Trinajstić information content (AvgIpc) is 0.893. The van der Waals surface area contributed by atoms with Crippen LogP contribution in [-0.2, 0) is 72.0 Å². The van der Waals surface area contributed by atoms with E-state index < -0.39 is 0 Å². The second kappa shape index (κ2) is 57.8. The zero-order valence-corrected chi connectivity index (χ0v) is 66.9. The van der Waals surface area contributed by atoms with Crippen LogP contribution in [0.25, 0.3) is 10.6 Å². The number of benzene rings is 9. The molecule has 0 bridgehead atoms. The van der Waals surface area contributed by atoms with Crippen molar-refractivity contribution in [2.45, 2.75) is 188 Å². The van der Waals surface area contributed by atoms with E-state index in [1.807, 2.05) is 208 Å². The Morgan fingerprint density at radius 1 is 0.356 bits per heavy atom. The normalized spacial score (nSPS) is 13.5. The fourth-order valence-electron chi connectivity index (χ4n) is 10.9. The summed E-state index contributed by atoms with van der Waals surface area (Å²) in [6.45, 7) is 37.6. The SMILES string of the molecule is CC(=NC1CCCCC1)[N-]Cc1ccccc1.CC(=NC1CCCCC1)[N-]Cc1ccccc1.CC(C)N(C(=NCc1ccccc1)NC1CCCCC1)C(C)C.[CH2-]c1ccccc1.[CH2-]c1ccccc1.[CH2-]c1ccccc1.[CH2-]c1ccccc1.[CH2-]c1ccccc1.[CH2-]c1ccccc1.[Zr+2].[Zr+4]. The zero-order valence-electron chi connectivity index (χ0n) is 62.0. The Hall–Kier alpha value is -7.82. The van der Waals surface area contributed by atoms with Crippen molar-refractivity contribution in [2.24, 2.45) is 15.0 Å². The van der Waals surface area contributed by atoms with Crippen LogP contribution >= 0.6 is 0 Å². The largest absolute Gasteiger partial charge is 4.00 e. The second-order valence-electron chi connectivity index (χ2n) is 25.7. The Bertz CT molecular complexity index is 3020. The minimum atomic E-state index is 0. The molecular weight excluding hydrogens is 1390 g/mol. The van der Waals surface area contributed by atoms with Crippen LogP contribution in [0.15, 0.2) is 288 Å². The van der Waals surface area contributed by atoms with Crippen LogP contribution in [0.3, 0.4) is 0 Å². The second-order valence-corrected chi connectivity index (χ2v) is 25.7. The molecule has 0 spiro atoms. The summed E-state index contributed by atoms with van der Waals surface area (Å²) in [7, 11) is 0. The molecule has 12 rings (SSSR count). The fourth-order valence-corrected chi connectivity index (χ4v) is 10.9. The minimum Gasteiger partial charge on any atom is -0.466 e. The molecule has 0 aliphatic heterocycles. The molecular formula is C92H117N7Zr2-2. The van der Waals surface area contributed by atoms with E-state index in [4.69, 9.17) is 15.0 Å². The maximum Gasteiger partial charge on any atom is 4.00 e. The number of nitrogens with zero attached hydrogens (tertiary/aromatic N) is 6. The third kappa shape index (κ3) is 46.3. The summed E-state index contributed by atoms with van der Waals surface area (Å²) in [5, 5.41) is 12.8. The van der Waals surface area contributed by atoms with E-state index >= 15 is 0 Å². The van der Waals surface area contributed by atoms with Crippen LogP contribution in [-0.4, -0.2) is 52.7 Å². The van der Waals surface area contributed by atoms with Gasteiger partial charge in [0.1, 0.15) is 0 Å². The van der Waals surface area contributed by atoms with Crippen LogP contribution in [0.4, 0.5) is 0 Å². The van der Waals surface area contributed by atoms with E-state index in [9.17, 15) is 0 Å². The number of hydrogen-bond acceptors (Lipinski definition) is 3. The summed E-state index contributed by atoms with van der Waals surface area (Å²) in [5.74, 6) is 2.99. The molecule has 530 valence electrons. The van der Waals surface area contributed by atoms with Gasteiger partial charge in [-0.1, -0.05) is 223 Å². The van der Waals surface area contributed by atoms with Crippen molar-refractivity contribution in [1.29, 1.82) is 0 Å². The Kier molecular flexibility index (Phi) is 51.0. The number of rotatable bonds is 11. The number of hydrogen-bond donors (Lipinski definition) is 1. The first-order valence-corrected chi connectivity index (χ1v) is 36.0. The molecule has 0 heterocycles. The summed E-state index contributed by atoms with van der Waals surface area (Å²) >= 11 is 0. The van der Waals surface area contributed by atoms with Gasteiger partial charge in [-0.15, -0.1) is 72.8 Å². The van der Waals surface area contributed by atoms with Crippen molar-refractivity contribution in [3.8, 4) is 0 Å². The molecule has 9 aromatic rings. The molecule has 3 aliphatic carbocycles. The van der Waals surface area contributed by atoms with Crippen LogP contribution in [0.1, 0.15) is 188 Å². The van der Waals surface area contributed by atoms with Crippen molar-refractivity contribution in [3.63, 3.8) is 0 Å². The average molecular weight is 1500 g/mol. The van der Waals surface area contributed by atoms with E-state index in [1.165, 1.54) is 113 Å². The molecule has 3 aliphatic rings. The molecule has 0 amide bonds. The van der Waals surface area contributed by atoms with Crippen LogP contribution < -0.4 is 5.32 Å². The predicted molar refractivity (Wildman–Crippen MR) is 432 cm³/mol. The van der Waals surface area contributed by atoms with Gasteiger partial charge in [0, 0.05) is 18.1 Å². The molecule has 0 radical (unpaired) electrons. The van der Waals surface area contributed by atoms with Crippen LogP contribution in [0.5, 0.6) is 0 Å². The zero-order chi connectivity index (χ0) is 71.2. The number of nitrogens with one attached hydrogen (secondary N) is 1. The predicted octanol–water partition coefficient (Wildman–Crippen LogP) is 24.4. The Labute approximate surface area is 652 Å². The number of aliphatic imine (C=N–C) groups is 3. The van der Waals surface area contributed by atoms with E-state index in [0.717, 1.165) is 70.6 Å². The first-order chi connectivity index (χ1) is 48.1. The van der Waals surface area contributed by atoms with E-state index in [1.54, 1.807) is 0 Å². The Morgan fingerprint density at radius 2 is 0.584 bits per heavy atom. The van der Waals surface area contributed by atoms with Gasteiger partial charge in [-0.25, -0.2) is 4.99 Å². The molecule has 0 unspecified atom stereocenters. The topological polar surface area (TPSA) is 80.6 Å². The van der Waals surface area contributed by atoms with Gasteiger partial charge in [-0.2, -0.15) is 148 Å². The third-order valence-corrected chi connectivity index (χ3v) is 16.2. The van der Waals surface area contributed by atoms with Crippen molar-refractivity contribution >= 4 is 17.6 Å². The molecule has 1 N–H and O–H groups in total. The Morgan fingerprint density at radius 3 is 0.812 bits per heavy atom. The molecule has 0 atom stereocenters. The van der Waals surface area contributed by atoms with Crippen molar-refractivity contribution in [2.75, 3.05) is 0 Å². The standard InChI is InChI=1S/C20H33N3.2C15H21N2.6C7H7.2Zr/c1-16(2)23(17(3)4)20(22-19-13-9-6-10-14-19)21-15-18-11-7-5-8-12-18;2*1-13(17-15-10-6-3-7-11-15)16-12-14-8-4-2-5-9-14;6*1-7-5-3-2-4-6-7;;/h5,7-8,11-12,16-17,19H,6,9-10,13-15H2,1-4H3,(H,21,22);2*2,4-5,8-9,15H,3,6-7,10-12H2,1H3;6*2-6H,1H2;;/q;8*-1;+2;+4. The van der Waals surface area contributed by atoms with Crippen molar-refractivity contribution < 1.29 is 52.4 Å². The maximum absolute atomic E-state index is 4.96. The maximum atomic E-state index is 4.96. The van der Waals surface area contributed by atoms with E-state index in [-0.39, 0.29) is 52.4 Å². The molecule has 9 heteroatoms. The monoisotopic (exact) mass is 1500 g/mol. The molecule has 9 aromatic carbocycles. The third-order valence-electron chi connectivity index (χ3n) is 16.2. The number of amidine groups is 2. The summed E-state index contributed by atoms with van der Waals surface area (Å²) < 4.78 is 0. The van der Waals surface area contributed by atoms with Crippen molar-refractivity contribution in [1.82, 2.24) is 10.2 Å². The molecule has 0 saturated heterocycles. The first kappa shape index (κ1) is 89.3. The van der Waals surface area contributed by atoms with Gasteiger partial charge >= 0.3 is 52.4 Å². The van der Waals surface area contributed by atoms with Gasteiger partial charge in [0.05, 0.1) is 6.54 Å². The summed E-state index contributed by atoms with van der Waals surface area (Å²) in [6, 6.07) is 93.0. The number of guanidine groups is 1. The minimum absolute atomic E-state index is 0. The van der Waals surface area contributed by atoms with Crippen molar-refractivity contribution in [3.05, 3.63) is 375 Å². The van der Waals surface area contributed by atoms with Gasteiger partial charge in [0.25, 0.3) is 0 Å². The van der Waals surface area contributed by atoms with Gasteiger partial charge in [0.15, 0.2) is 5.96 Å². The fraction of sp³-hybridized carbons (Fsp3) is 0.315. The molecule has 0 aromatic heterocycles. The van der Waals surface area contributed by atoms with Gasteiger partial charge in [-0.05, 0) is 96.2 Å². The van der Waals surface area contributed by atoms with E-state index in [0.29, 0.717) is 30.2 Å². The van der Waals surface area contributed by atoms with Crippen LogP contribution in [0, 0.1) is 41.5 Å². The quantitative estimate of drug-likeness (QED) is 0.0795. The molecule has 7 nitrogen and oxygen atoms in total. The van der Waals surface area contributed by atoms with Crippen LogP contribution in [0.2, 0.25) is 0 Å². The summed E-state index contributed by atoms with van der Waals surface area (Å²) in [4.78, 5) is 16.8. The van der Waals surface area contributed by atoms with E-state index in [2.05, 4.69) is 169 Å². The smallest absolute Gasteiger partial charge is 0.466 e. The first-order valence-electron chi connectivity index (χ1n) is 36.0.